The summed E-state index contributed by atoms with van der Waals surface area (Å²) in [5.41, 5.74) is -1.48. The van der Waals surface area contributed by atoms with Crippen LogP contribution in [0, 0.1) is 10.1 Å². The number of pyridine rings is 1. The van der Waals surface area contributed by atoms with Crippen LogP contribution in [0.1, 0.15) is 10.4 Å². The van der Waals surface area contributed by atoms with Gasteiger partial charge in [0, 0.05) is 18.3 Å². The number of nitro benzene ring substituents is 1. The zero-order valence-corrected chi connectivity index (χ0v) is 12.8. The molecule has 1 aromatic heterocycles. The number of hydrogen-bond acceptors (Lipinski definition) is 7. The van der Waals surface area contributed by atoms with Gasteiger partial charge in [-0.05, 0) is 6.07 Å². The number of fused-ring (bicyclic) bond motifs is 1. The number of alkyl halides is 4. The summed E-state index contributed by atoms with van der Waals surface area (Å²) in [5.74, 6) is -2.91. The second kappa shape index (κ2) is 6.59. The smallest absolute Gasteiger partial charge is 0.435 e. The van der Waals surface area contributed by atoms with Gasteiger partial charge < -0.3 is 19.5 Å². The maximum atomic E-state index is 13.1. The first-order chi connectivity index (χ1) is 12.6. The number of carbonyl (C=O) groups is 1. The molecule has 0 atom stereocenters. The van der Waals surface area contributed by atoms with Crippen LogP contribution in [-0.4, -0.2) is 28.7 Å². The molecule has 0 aliphatic carbocycles. The third-order valence-corrected chi connectivity index (χ3v) is 3.16. The average Bonchev–Trinajstić information content (AvgIpc) is 2.86. The number of benzene rings is 1. The molecule has 0 radical (unpaired) electrons. The number of rotatable bonds is 5. The number of nitro groups is 1. The van der Waals surface area contributed by atoms with Crippen LogP contribution in [0.4, 0.5) is 29.1 Å². The van der Waals surface area contributed by atoms with Gasteiger partial charge in [0.2, 0.25) is 0 Å². The Labute approximate surface area is 146 Å². The van der Waals surface area contributed by atoms with Crippen molar-refractivity contribution in [2.24, 2.45) is 0 Å². The molecule has 0 bridgehead atoms. The van der Waals surface area contributed by atoms with Gasteiger partial charge in [0.15, 0.2) is 11.5 Å². The summed E-state index contributed by atoms with van der Waals surface area (Å²) in [5, 5.41) is 13.3. The summed E-state index contributed by atoms with van der Waals surface area (Å²) in [6.07, 6.45) is -2.99. The van der Waals surface area contributed by atoms with Crippen LogP contribution < -0.4 is 19.5 Å². The van der Waals surface area contributed by atoms with E-state index in [1.54, 1.807) is 0 Å². The van der Waals surface area contributed by atoms with Crippen molar-refractivity contribution in [1.82, 2.24) is 4.98 Å². The van der Waals surface area contributed by atoms with E-state index in [4.69, 9.17) is 0 Å². The van der Waals surface area contributed by atoms with Crippen LogP contribution in [-0.2, 0) is 0 Å². The monoisotopic (exact) mass is 389 g/mol. The fourth-order valence-electron chi connectivity index (χ4n) is 2.16. The number of amides is 1. The Morgan fingerprint density at radius 1 is 1.26 bits per heavy atom. The molecule has 1 N–H and O–H groups in total. The molecule has 27 heavy (non-hydrogen) atoms. The largest absolute Gasteiger partial charge is 0.586 e. The van der Waals surface area contributed by atoms with Gasteiger partial charge >= 0.3 is 12.9 Å². The van der Waals surface area contributed by atoms with Crippen LogP contribution in [0.25, 0.3) is 0 Å². The van der Waals surface area contributed by atoms with E-state index in [0.29, 0.717) is 12.1 Å². The van der Waals surface area contributed by atoms with Crippen molar-refractivity contribution in [3.05, 3.63) is 46.1 Å². The second-order valence-corrected chi connectivity index (χ2v) is 4.95. The lowest BCUT2D eigenvalue weighted by Crippen LogP contribution is -2.25. The van der Waals surface area contributed by atoms with Crippen LogP contribution in [0.5, 0.6) is 17.2 Å². The Balaban J connectivity index is 1.90. The molecule has 0 saturated heterocycles. The summed E-state index contributed by atoms with van der Waals surface area (Å²) >= 11 is 0. The van der Waals surface area contributed by atoms with Crippen molar-refractivity contribution < 1.29 is 41.5 Å². The van der Waals surface area contributed by atoms with E-state index >= 15 is 0 Å². The zero-order chi connectivity index (χ0) is 19.8. The van der Waals surface area contributed by atoms with Gasteiger partial charge in [0.25, 0.3) is 11.6 Å². The van der Waals surface area contributed by atoms with Gasteiger partial charge in [0.05, 0.1) is 11.0 Å². The predicted molar refractivity (Wildman–Crippen MR) is 78.1 cm³/mol. The van der Waals surface area contributed by atoms with Gasteiger partial charge in [-0.2, -0.15) is 8.78 Å². The van der Waals surface area contributed by atoms with Crippen LogP contribution in [0.15, 0.2) is 30.5 Å². The number of anilines is 1. The summed E-state index contributed by atoms with van der Waals surface area (Å²) in [7, 11) is 0. The molecule has 3 rings (SSSR count). The predicted octanol–water partition coefficient (Wildman–Crippen LogP) is 3.17. The molecule has 142 valence electrons. The van der Waals surface area contributed by atoms with Gasteiger partial charge in [-0.3, -0.25) is 14.9 Å². The summed E-state index contributed by atoms with van der Waals surface area (Å²) in [6.45, 7) is -3.12. The molecule has 0 unspecified atom stereocenters. The molecule has 1 aliphatic heterocycles. The Bertz CT molecular complexity index is 924. The number of nitrogens with one attached hydrogen (secondary N) is 1. The third kappa shape index (κ3) is 3.96. The minimum atomic E-state index is -4.03. The second-order valence-electron chi connectivity index (χ2n) is 4.95. The lowest BCUT2D eigenvalue weighted by atomic mass is 10.1. The number of halogens is 4. The molecule has 9 nitrogen and oxygen atoms in total. The van der Waals surface area contributed by atoms with Gasteiger partial charge in [-0.1, -0.05) is 0 Å². The molecule has 1 aliphatic rings. The van der Waals surface area contributed by atoms with Crippen molar-refractivity contribution in [2.45, 2.75) is 12.9 Å². The van der Waals surface area contributed by atoms with Crippen LogP contribution >= 0.6 is 0 Å². The molecular formula is C14H7F4N3O6. The third-order valence-electron chi connectivity index (χ3n) is 3.16. The van der Waals surface area contributed by atoms with Gasteiger partial charge in [-0.15, -0.1) is 8.78 Å². The molecule has 0 spiro atoms. The van der Waals surface area contributed by atoms with E-state index in [9.17, 15) is 32.5 Å². The maximum absolute atomic E-state index is 13.1. The minimum Gasteiger partial charge on any atom is -0.435 e. The number of ether oxygens (including phenoxy) is 3. The van der Waals surface area contributed by atoms with E-state index in [0.717, 1.165) is 18.3 Å². The average molecular weight is 389 g/mol. The Kier molecular flexibility index (Phi) is 4.43. The summed E-state index contributed by atoms with van der Waals surface area (Å²) in [6, 6.07) is 3.34. The number of hydrogen-bond donors (Lipinski definition) is 1. The molecule has 2 aromatic rings. The quantitative estimate of drug-likeness (QED) is 0.475. The number of carbonyl (C=O) groups excluding carboxylic acids is 1. The molecule has 0 fully saturated rings. The fraction of sp³-hybridized carbons (Fsp3) is 0.143. The first kappa shape index (κ1) is 18.2. The maximum Gasteiger partial charge on any atom is 0.586 e. The standard InChI is InChI=1S/C14H7F4N3O6/c15-13(16)25-6-1-2-19-11(3-6)20-12(22)7-4-9-10(5-8(7)21(23)24)27-14(17,18)26-9/h1-5,13H,(H,19,20,22). The van der Waals surface area contributed by atoms with Crippen molar-refractivity contribution in [3.63, 3.8) is 0 Å². The summed E-state index contributed by atoms with van der Waals surface area (Å²) in [4.78, 5) is 26.1. The van der Waals surface area contributed by atoms with Crippen molar-refractivity contribution >= 4 is 17.4 Å². The number of aromatic nitrogens is 1. The molecule has 0 saturated carbocycles. The van der Waals surface area contributed by atoms with E-state index in [2.05, 4.69) is 24.5 Å². The molecular weight excluding hydrogens is 382 g/mol. The van der Waals surface area contributed by atoms with Crippen molar-refractivity contribution in [3.8, 4) is 17.2 Å². The topological polar surface area (TPSA) is 113 Å². The fourth-order valence-corrected chi connectivity index (χ4v) is 2.16. The van der Waals surface area contributed by atoms with E-state index in [1.807, 2.05) is 0 Å². The number of nitrogens with zero attached hydrogens (tertiary/aromatic N) is 2. The van der Waals surface area contributed by atoms with Crippen LogP contribution in [0.2, 0.25) is 0 Å². The first-order valence-corrected chi connectivity index (χ1v) is 6.95. The highest BCUT2D eigenvalue weighted by molar-refractivity contribution is 6.07. The van der Waals surface area contributed by atoms with E-state index < -0.39 is 46.5 Å². The highest BCUT2D eigenvalue weighted by atomic mass is 19.3. The van der Waals surface area contributed by atoms with Crippen LogP contribution in [0.3, 0.4) is 0 Å². The Hall–Kier alpha value is -3.64. The van der Waals surface area contributed by atoms with Crippen molar-refractivity contribution in [1.29, 1.82) is 0 Å². The SMILES string of the molecule is O=C(Nc1cc(OC(F)F)ccn1)c1cc2c(cc1[N+](=O)[O-])OC(F)(F)O2. The lowest BCUT2D eigenvalue weighted by Gasteiger charge is -2.08. The first-order valence-electron chi connectivity index (χ1n) is 6.95. The van der Waals surface area contributed by atoms with Gasteiger partial charge in [0.1, 0.15) is 17.1 Å². The Morgan fingerprint density at radius 3 is 2.56 bits per heavy atom. The zero-order valence-electron chi connectivity index (χ0n) is 12.8. The van der Waals surface area contributed by atoms with Gasteiger partial charge in [-0.25, -0.2) is 4.98 Å². The molecule has 1 aromatic carbocycles. The molecule has 13 heteroatoms. The molecule has 2 heterocycles. The minimum absolute atomic E-state index is 0.268. The van der Waals surface area contributed by atoms with E-state index in [-0.39, 0.29) is 11.6 Å². The normalized spacial score (nSPS) is 14.1. The Morgan fingerprint density at radius 2 is 1.93 bits per heavy atom. The summed E-state index contributed by atoms with van der Waals surface area (Å²) < 4.78 is 63.0. The van der Waals surface area contributed by atoms with Crippen molar-refractivity contribution in [2.75, 3.05) is 5.32 Å². The van der Waals surface area contributed by atoms with E-state index in [1.165, 1.54) is 0 Å². The molecule has 1 amide bonds. The highest BCUT2D eigenvalue weighted by Crippen LogP contribution is 2.44. The lowest BCUT2D eigenvalue weighted by molar-refractivity contribution is -0.385. The highest BCUT2D eigenvalue weighted by Gasteiger charge is 2.45.